The van der Waals surface area contributed by atoms with Crippen molar-refractivity contribution < 1.29 is 9.47 Å². The molecule has 0 N–H and O–H groups in total. The Morgan fingerprint density at radius 1 is 1.09 bits per heavy atom. The molecule has 3 rings (SSSR count). The van der Waals surface area contributed by atoms with Crippen LogP contribution in [0.5, 0.6) is 0 Å². The predicted molar refractivity (Wildman–Crippen MR) is 89.1 cm³/mol. The van der Waals surface area contributed by atoms with Crippen molar-refractivity contribution >= 4 is 5.90 Å². The van der Waals surface area contributed by atoms with Crippen molar-refractivity contribution in [2.75, 3.05) is 6.61 Å². The second kappa shape index (κ2) is 4.82. The Morgan fingerprint density at radius 2 is 1.73 bits per heavy atom. The number of ether oxygens (including phenoxy) is 2. The first-order valence-corrected chi connectivity index (χ1v) is 8.19. The zero-order chi connectivity index (χ0) is 16.2. The molecular weight excluding hydrogens is 274 g/mol. The fourth-order valence-corrected chi connectivity index (χ4v) is 3.47. The second-order valence-electron chi connectivity index (χ2n) is 7.84. The van der Waals surface area contributed by atoms with E-state index in [9.17, 15) is 0 Å². The van der Waals surface area contributed by atoms with E-state index in [0.29, 0.717) is 12.5 Å². The van der Waals surface area contributed by atoms with E-state index in [0.717, 1.165) is 11.5 Å². The van der Waals surface area contributed by atoms with Gasteiger partial charge in [-0.05, 0) is 25.3 Å². The lowest BCUT2D eigenvalue weighted by molar-refractivity contribution is -0.335. The second-order valence-corrected chi connectivity index (χ2v) is 7.84. The molecule has 22 heavy (non-hydrogen) atoms. The highest BCUT2D eigenvalue weighted by molar-refractivity contribution is 5.90. The maximum atomic E-state index is 6.47. The largest absolute Gasteiger partial charge is 0.476 e. The van der Waals surface area contributed by atoms with Crippen LogP contribution in [-0.4, -0.2) is 24.1 Å². The summed E-state index contributed by atoms with van der Waals surface area (Å²) in [5.74, 6) is 1.23. The van der Waals surface area contributed by atoms with Gasteiger partial charge < -0.3 is 9.47 Å². The quantitative estimate of drug-likeness (QED) is 0.839. The molecule has 2 atom stereocenters. The van der Waals surface area contributed by atoms with Crippen molar-refractivity contribution in [1.82, 2.24) is 0 Å². The summed E-state index contributed by atoms with van der Waals surface area (Å²) in [4.78, 5) is 4.89. The van der Waals surface area contributed by atoms with Gasteiger partial charge in [0, 0.05) is 5.41 Å². The van der Waals surface area contributed by atoms with Gasteiger partial charge in [0.2, 0.25) is 5.90 Å². The Kier molecular flexibility index (Phi) is 3.41. The molecule has 2 aliphatic heterocycles. The predicted octanol–water partition coefficient (Wildman–Crippen LogP) is 4.17. The number of hydrogen-bond donors (Lipinski definition) is 0. The van der Waals surface area contributed by atoms with Gasteiger partial charge in [0.25, 0.3) is 0 Å². The Labute approximate surface area is 133 Å². The van der Waals surface area contributed by atoms with Crippen molar-refractivity contribution in [2.45, 2.75) is 58.8 Å². The maximum absolute atomic E-state index is 6.47. The van der Waals surface area contributed by atoms with Crippen molar-refractivity contribution in [2.24, 2.45) is 16.3 Å². The summed E-state index contributed by atoms with van der Waals surface area (Å²) in [6.45, 7) is 13.8. The van der Waals surface area contributed by atoms with E-state index in [2.05, 4.69) is 65.8 Å². The van der Waals surface area contributed by atoms with E-state index in [1.54, 1.807) is 0 Å². The van der Waals surface area contributed by atoms with Gasteiger partial charge in [-0.25, -0.2) is 4.99 Å². The van der Waals surface area contributed by atoms with Crippen molar-refractivity contribution in [3.8, 4) is 0 Å². The summed E-state index contributed by atoms with van der Waals surface area (Å²) in [6, 6.07) is 10.6. The Hall–Kier alpha value is -1.35. The van der Waals surface area contributed by atoms with E-state index in [1.807, 2.05) is 6.07 Å². The molecule has 0 bridgehead atoms. The molecule has 1 fully saturated rings. The SMILES string of the molecule is CC(C)[C@H]1COC([C@]2(c3ccccc3)OC(C)(C)C2(C)C)=N1. The first kappa shape index (κ1) is 15.5. The minimum Gasteiger partial charge on any atom is -0.476 e. The third kappa shape index (κ3) is 1.88. The molecule has 0 spiro atoms. The van der Waals surface area contributed by atoms with Gasteiger partial charge in [-0.15, -0.1) is 0 Å². The molecule has 1 saturated heterocycles. The summed E-state index contributed by atoms with van der Waals surface area (Å²) < 4.78 is 12.5. The van der Waals surface area contributed by atoms with Crippen LogP contribution in [0.2, 0.25) is 0 Å². The number of nitrogens with zero attached hydrogens (tertiary/aromatic N) is 1. The topological polar surface area (TPSA) is 30.8 Å². The van der Waals surface area contributed by atoms with Crippen LogP contribution >= 0.6 is 0 Å². The van der Waals surface area contributed by atoms with Gasteiger partial charge in [0.05, 0.1) is 11.6 Å². The highest BCUT2D eigenvalue weighted by Gasteiger charge is 2.71. The van der Waals surface area contributed by atoms with Gasteiger partial charge in [-0.2, -0.15) is 0 Å². The molecule has 1 aromatic carbocycles. The minimum absolute atomic E-state index is 0.105. The van der Waals surface area contributed by atoms with E-state index in [1.165, 1.54) is 0 Å². The molecule has 0 amide bonds. The molecule has 2 aliphatic rings. The molecular formula is C19H27NO2. The molecule has 0 aliphatic carbocycles. The van der Waals surface area contributed by atoms with Crippen LogP contribution in [0.15, 0.2) is 35.3 Å². The summed E-state index contributed by atoms with van der Waals surface area (Å²) >= 11 is 0. The molecule has 0 unspecified atom stereocenters. The van der Waals surface area contributed by atoms with Crippen molar-refractivity contribution in [3.05, 3.63) is 35.9 Å². The van der Waals surface area contributed by atoms with Crippen LogP contribution in [0.1, 0.15) is 47.1 Å². The Bertz CT molecular complexity index is 589. The van der Waals surface area contributed by atoms with Crippen LogP contribution in [-0.2, 0) is 15.1 Å². The lowest BCUT2D eigenvalue weighted by atomic mass is 9.56. The lowest BCUT2D eigenvalue weighted by Gasteiger charge is -2.65. The molecule has 3 nitrogen and oxygen atoms in total. The number of benzene rings is 1. The van der Waals surface area contributed by atoms with Crippen molar-refractivity contribution in [1.29, 1.82) is 0 Å². The van der Waals surface area contributed by atoms with E-state index in [4.69, 9.17) is 14.5 Å². The first-order chi connectivity index (χ1) is 10.2. The van der Waals surface area contributed by atoms with Crippen molar-refractivity contribution in [3.63, 3.8) is 0 Å². The van der Waals surface area contributed by atoms with Crippen LogP contribution in [0, 0.1) is 11.3 Å². The summed E-state index contributed by atoms with van der Waals surface area (Å²) in [5.41, 5.74) is 0.223. The van der Waals surface area contributed by atoms with Gasteiger partial charge >= 0.3 is 0 Å². The average molecular weight is 301 g/mol. The number of hydrogen-bond acceptors (Lipinski definition) is 3. The standard InChI is InChI=1S/C19H27NO2/c1-13(2)15-12-21-16(20-15)19(14-10-8-7-9-11-14)17(3,4)18(5,6)22-19/h7-11,13,15H,12H2,1-6H3/t15-,19+/m1/s1. The zero-order valence-electron chi connectivity index (χ0n) is 14.5. The molecule has 1 aromatic rings. The molecule has 0 aromatic heterocycles. The highest BCUT2D eigenvalue weighted by Crippen LogP contribution is 2.63. The third-order valence-electron chi connectivity index (χ3n) is 5.72. The molecule has 3 heteroatoms. The van der Waals surface area contributed by atoms with Gasteiger partial charge in [-0.1, -0.05) is 58.0 Å². The van der Waals surface area contributed by atoms with Crippen LogP contribution in [0.25, 0.3) is 0 Å². The van der Waals surface area contributed by atoms with Gasteiger partial charge in [0.1, 0.15) is 6.61 Å². The smallest absolute Gasteiger partial charge is 0.222 e. The minimum atomic E-state index is -0.582. The van der Waals surface area contributed by atoms with Crippen LogP contribution in [0.4, 0.5) is 0 Å². The Morgan fingerprint density at radius 3 is 2.18 bits per heavy atom. The monoisotopic (exact) mass is 301 g/mol. The Balaban J connectivity index is 2.10. The maximum Gasteiger partial charge on any atom is 0.222 e. The summed E-state index contributed by atoms with van der Waals surface area (Å²) in [6.07, 6.45) is 0. The molecule has 0 saturated carbocycles. The molecule has 0 radical (unpaired) electrons. The van der Waals surface area contributed by atoms with Crippen LogP contribution in [0.3, 0.4) is 0 Å². The number of rotatable bonds is 3. The number of aliphatic imine (C=N–C) groups is 1. The zero-order valence-corrected chi connectivity index (χ0v) is 14.5. The molecule has 120 valence electrons. The van der Waals surface area contributed by atoms with Gasteiger partial charge in [0.15, 0.2) is 5.60 Å². The highest BCUT2D eigenvalue weighted by atomic mass is 16.6. The van der Waals surface area contributed by atoms with E-state index >= 15 is 0 Å². The third-order valence-corrected chi connectivity index (χ3v) is 5.72. The molecule has 2 heterocycles. The fraction of sp³-hybridized carbons (Fsp3) is 0.632. The normalized spacial score (nSPS) is 32.3. The first-order valence-electron chi connectivity index (χ1n) is 8.19. The average Bonchev–Trinajstić information content (AvgIpc) is 2.95. The lowest BCUT2D eigenvalue weighted by Crippen LogP contribution is -2.72. The van der Waals surface area contributed by atoms with E-state index < -0.39 is 5.60 Å². The van der Waals surface area contributed by atoms with Gasteiger partial charge in [-0.3, -0.25) is 0 Å². The van der Waals surface area contributed by atoms with Crippen LogP contribution < -0.4 is 0 Å². The fourth-order valence-electron chi connectivity index (χ4n) is 3.47. The summed E-state index contributed by atoms with van der Waals surface area (Å²) in [7, 11) is 0. The van der Waals surface area contributed by atoms with E-state index in [-0.39, 0.29) is 17.1 Å². The summed E-state index contributed by atoms with van der Waals surface area (Å²) in [5, 5.41) is 0.